The van der Waals surface area contributed by atoms with Gasteiger partial charge in [0.1, 0.15) is 46.3 Å². The monoisotopic (exact) mass is 1000 g/mol. The van der Waals surface area contributed by atoms with E-state index in [9.17, 15) is 0 Å². The number of aromatic nitrogens is 4. The van der Waals surface area contributed by atoms with Gasteiger partial charge in [-0.1, -0.05) is 138 Å². The van der Waals surface area contributed by atoms with Crippen LogP contribution in [0, 0.1) is 0 Å². The molecule has 8 aromatic carbocycles. The zero-order valence-electron chi connectivity index (χ0n) is 36.3. The first kappa shape index (κ1) is 43.9. The fourth-order valence-corrected chi connectivity index (χ4v) is 11.8. The van der Waals surface area contributed by atoms with Crippen molar-refractivity contribution in [1.29, 1.82) is 0 Å². The summed E-state index contributed by atoms with van der Waals surface area (Å²) in [6.07, 6.45) is 2.99. The number of benzene rings is 8. The second-order valence-corrected chi connectivity index (χ2v) is 19.5. The van der Waals surface area contributed by atoms with E-state index in [-0.39, 0.29) is 0 Å². The van der Waals surface area contributed by atoms with E-state index < -0.39 is 0 Å². The summed E-state index contributed by atoms with van der Waals surface area (Å²) in [7, 11) is 0.707. The van der Waals surface area contributed by atoms with Crippen molar-refractivity contribution in [3.63, 3.8) is 0 Å². The zero-order valence-corrected chi connectivity index (χ0v) is 40.2. The van der Waals surface area contributed by atoms with Crippen LogP contribution in [0.15, 0.2) is 191 Å². The lowest BCUT2D eigenvalue weighted by Gasteiger charge is -2.07. The Kier molecular flexibility index (Phi) is 11.6. The zero-order chi connectivity index (χ0) is 47.3. The summed E-state index contributed by atoms with van der Waals surface area (Å²) in [5.74, 6) is 0.623. The van der Waals surface area contributed by atoms with E-state index in [1.54, 1.807) is 35.9 Å². The van der Waals surface area contributed by atoms with Crippen molar-refractivity contribution in [3.8, 4) is 39.3 Å². The van der Waals surface area contributed by atoms with E-state index in [4.69, 9.17) is 53.3 Å². The number of rotatable bonds is 5. The average Bonchev–Trinajstić information content (AvgIpc) is 4.18. The van der Waals surface area contributed by atoms with Gasteiger partial charge in [-0.15, -0.1) is 22.7 Å². The normalized spacial score (nSPS) is 11.4. The molecule has 14 aromatic rings. The van der Waals surface area contributed by atoms with E-state index in [0.29, 0.717) is 50.9 Å². The highest BCUT2D eigenvalue weighted by Crippen LogP contribution is 2.43. The minimum atomic E-state index is 0.312. The Morgan fingerprint density at radius 2 is 0.971 bits per heavy atom. The third-order valence-corrected chi connectivity index (χ3v) is 15.2. The summed E-state index contributed by atoms with van der Waals surface area (Å²) in [4.78, 5) is 17.0. The second-order valence-electron chi connectivity index (χ2n) is 16.1. The number of thiophene rings is 2. The van der Waals surface area contributed by atoms with Crippen LogP contribution in [-0.4, -0.2) is 32.6 Å². The summed E-state index contributed by atoms with van der Waals surface area (Å²) >= 11 is 21.6. The van der Waals surface area contributed by atoms with Gasteiger partial charge in [-0.2, -0.15) is 0 Å². The maximum absolute atomic E-state index is 8.80. The molecule has 14 rings (SSSR count). The predicted octanol–water partition coefficient (Wildman–Crippen LogP) is 17.0. The van der Waals surface area contributed by atoms with Crippen LogP contribution in [0.2, 0.25) is 15.2 Å². The number of hydrogen-bond donors (Lipinski definition) is 1. The van der Waals surface area contributed by atoms with Crippen LogP contribution in [0.5, 0.6) is 5.75 Å². The van der Waals surface area contributed by atoms with Crippen LogP contribution in [0.4, 0.5) is 0 Å². The molecule has 6 heterocycles. The topological polar surface area (TPSA) is 107 Å². The first-order chi connectivity index (χ1) is 34.4. The SMILES string of the molecule is Clc1ccc2oc3c(-c4cccc(-c5cccc6c5sc5ccccc56)c4)ncnc3c2c1.Clc1ccc2oc3c(Cl)ncnc3c2c1.O[B]Oc1cccc(-c2cccc3c2sc2ccccc23)c1. The van der Waals surface area contributed by atoms with Crippen molar-refractivity contribution < 1.29 is 18.5 Å². The van der Waals surface area contributed by atoms with Crippen LogP contribution in [0.25, 0.3) is 118 Å². The van der Waals surface area contributed by atoms with Gasteiger partial charge < -0.3 is 18.5 Å². The van der Waals surface area contributed by atoms with E-state index in [1.807, 2.05) is 47.7 Å². The van der Waals surface area contributed by atoms with E-state index in [1.165, 1.54) is 57.8 Å². The molecule has 1 radical (unpaired) electrons. The van der Waals surface area contributed by atoms with E-state index >= 15 is 0 Å². The summed E-state index contributed by atoms with van der Waals surface area (Å²) in [5.41, 5.74) is 10.5. The Morgan fingerprint density at radius 1 is 0.457 bits per heavy atom. The van der Waals surface area contributed by atoms with E-state index in [2.05, 4.69) is 135 Å². The molecular weight excluding hydrogens is 974 g/mol. The Hall–Kier alpha value is -7.35. The van der Waals surface area contributed by atoms with Gasteiger partial charge in [0, 0.05) is 66.7 Å². The van der Waals surface area contributed by atoms with E-state index in [0.717, 1.165) is 44.3 Å². The summed E-state index contributed by atoms with van der Waals surface area (Å²) in [6, 6.07) is 57.1. The number of hydrogen-bond acceptors (Lipinski definition) is 10. The molecule has 0 saturated carbocycles. The lowest BCUT2D eigenvalue weighted by molar-refractivity contribution is 0.454. The molecule has 335 valence electrons. The van der Waals surface area contributed by atoms with Gasteiger partial charge in [-0.3, -0.25) is 0 Å². The molecule has 14 heteroatoms. The average molecular weight is 1010 g/mol. The van der Waals surface area contributed by atoms with Gasteiger partial charge in [-0.25, -0.2) is 19.9 Å². The summed E-state index contributed by atoms with van der Waals surface area (Å²) < 4.78 is 21.9. The number of furan rings is 2. The molecule has 0 amide bonds. The maximum atomic E-state index is 8.80. The highest BCUT2D eigenvalue weighted by molar-refractivity contribution is 7.26. The molecular formula is C56H31BCl3N4O4S2. The molecule has 6 aromatic heterocycles. The summed E-state index contributed by atoms with van der Waals surface area (Å²) in [6.45, 7) is 0. The highest BCUT2D eigenvalue weighted by Gasteiger charge is 2.18. The van der Waals surface area contributed by atoms with Gasteiger partial charge in [0.05, 0.1) is 0 Å². The Bertz CT molecular complexity index is 4310. The molecule has 0 spiro atoms. The van der Waals surface area contributed by atoms with Crippen LogP contribution < -0.4 is 4.65 Å². The minimum Gasteiger partial charge on any atom is -0.537 e. The molecule has 0 aliphatic heterocycles. The van der Waals surface area contributed by atoms with Crippen molar-refractivity contribution in [2.24, 2.45) is 0 Å². The quantitative estimate of drug-likeness (QED) is 0.134. The molecule has 0 saturated heterocycles. The molecule has 8 nitrogen and oxygen atoms in total. The Balaban J connectivity index is 0.000000117. The van der Waals surface area contributed by atoms with Gasteiger partial charge in [0.2, 0.25) is 0 Å². The number of halogens is 3. The first-order valence-electron chi connectivity index (χ1n) is 21.8. The van der Waals surface area contributed by atoms with Crippen LogP contribution in [0.3, 0.4) is 0 Å². The standard InChI is InChI=1S/C28H15ClN2OS.C18H12BO2S.C10H4Cl2N2O/c29-18-11-12-23-22(14-18)26-27(32-23)25(30-15-31-26)17-6-3-5-16(13-17)19-8-4-9-21-20-7-1-2-10-24(20)33-28(19)21;20-19-21-13-6-3-5-12(11-13)14-8-4-9-16-15-7-1-2-10-17(15)22-18(14)16;11-5-1-2-7-6(3-5)8-9(15-7)10(12)14-4-13-8/h1-15H;1-11,20H;1-4H. The fraction of sp³-hybridized carbons (Fsp3) is 0. The third-order valence-electron chi connectivity index (χ3n) is 12.0. The van der Waals surface area contributed by atoms with Crippen LogP contribution >= 0.6 is 57.5 Å². The lowest BCUT2D eigenvalue weighted by Crippen LogP contribution is -1.99. The van der Waals surface area contributed by atoms with Crippen molar-refractivity contribution in [2.45, 2.75) is 0 Å². The highest BCUT2D eigenvalue weighted by atomic mass is 35.5. The number of fused-ring (bicyclic) bond motifs is 12. The second kappa shape index (κ2) is 18.5. The van der Waals surface area contributed by atoms with Gasteiger partial charge in [0.25, 0.3) is 0 Å². The fourth-order valence-electron chi connectivity index (χ4n) is 8.86. The largest absolute Gasteiger partial charge is 0.569 e. The smallest absolute Gasteiger partial charge is 0.537 e. The molecule has 70 heavy (non-hydrogen) atoms. The minimum absolute atomic E-state index is 0.312. The van der Waals surface area contributed by atoms with Crippen molar-refractivity contribution in [1.82, 2.24) is 19.9 Å². The Labute approximate surface area is 422 Å². The lowest BCUT2D eigenvalue weighted by atomic mass is 9.99. The molecule has 0 aliphatic carbocycles. The van der Waals surface area contributed by atoms with Crippen molar-refractivity contribution in [2.75, 3.05) is 0 Å². The molecule has 0 bridgehead atoms. The Morgan fingerprint density at radius 3 is 1.60 bits per heavy atom. The van der Waals surface area contributed by atoms with Gasteiger partial charge in [0.15, 0.2) is 16.3 Å². The van der Waals surface area contributed by atoms with Crippen molar-refractivity contribution in [3.05, 3.63) is 198 Å². The summed E-state index contributed by atoms with van der Waals surface area (Å²) in [5, 5.41) is 17.3. The molecule has 0 atom stereocenters. The maximum Gasteiger partial charge on any atom is 0.569 e. The van der Waals surface area contributed by atoms with Gasteiger partial charge >= 0.3 is 7.69 Å². The van der Waals surface area contributed by atoms with Gasteiger partial charge in [-0.05, 0) is 89.0 Å². The number of nitrogens with zero attached hydrogens (tertiary/aromatic N) is 4. The third kappa shape index (κ3) is 8.06. The molecule has 0 unspecified atom stereocenters. The predicted molar refractivity (Wildman–Crippen MR) is 291 cm³/mol. The van der Waals surface area contributed by atoms with Crippen LogP contribution in [-0.2, 0) is 0 Å². The first-order valence-corrected chi connectivity index (χ1v) is 24.6. The molecule has 1 N–H and O–H groups in total. The van der Waals surface area contributed by atoms with Crippen LogP contribution in [0.1, 0.15) is 0 Å². The molecule has 0 aliphatic rings. The molecule has 0 fully saturated rings. The van der Waals surface area contributed by atoms with Crippen molar-refractivity contribution >= 4 is 150 Å².